The Bertz CT molecular complexity index is 474. The zero-order chi connectivity index (χ0) is 15.7. The van der Waals surface area contributed by atoms with Crippen molar-refractivity contribution in [3.63, 3.8) is 0 Å². The molecule has 0 bridgehead atoms. The molecule has 1 atom stereocenters. The Balaban J connectivity index is 0.00000441. The van der Waals surface area contributed by atoms with Crippen molar-refractivity contribution in [3.05, 3.63) is 34.1 Å². The predicted molar refractivity (Wildman–Crippen MR) is 104 cm³/mol. The maximum atomic E-state index is 13.2. The van der Waals surface area contributed by atoms with Gasteiger partial charge in [0.25, 0.3) is 0 Å². The molecular weight excluding hydrogens is 464 g/mol. The fourth-order valence-electron chi connectivity index (χ4n) is 1.84. The van der Waals surface area contributed by atoms with Gasteiger partial charge < -0.3 is 15.4 Å². The van der Waals surface area contributed by atoms with E-state index in [9.17, 15) is 4.39 Å². The maximum absolute atomic E-state index is 13.2. The summed E-state index contributed by atoms with van der Waals surface area (Å²) in [7, 11) is 1.68. The van der Waals surface area contributed by atoms with Crippen LogP contribution in [0, 0.1) is 5.82 Å². The van der Waals surface area contributed by atoms with Crippen molar-refractivity contribution in [1.82, 2.24) is 10.6 Å². The molecule has 22 heavy (non-hydrogen) atoms. The molecule has 0 aliphatic rings. The fourth-order valence-corrected chi connectivity index (χ4v) is 2.26. The third-order valence-corrected chi connectivity index (χ3v) is 3.41. The monoisotopic (exact) mass is 487 g/mol. The molecule has 0 fully saturated rings. The van der Waals surface area contributed by atoms with Gasteiger partial charge in [-0.05, 0) is 53.9 Å². The van der Waals surface area contributed by atoms with E-state index in [0.29, 0.717) is 17.6 Å². The van der Waals surface area contributed by atoms with Crippen LogP contribution in [-0.4, -0.2) is 38.8 Å². The van der Waals surface area contributed by atoms with Crippen LogP contribution in [0.15, 0.2) is 27.7 Å². The molecule has 0 amide bonds. The van der Waals surface area contributed by atoms with Gasteiger partial charge in [0.1, 0.15) is 5.82 Å². The standard InChI is InChI=1S/C15H23BrFN3O.HI/c1-4-18-15(20-11(2)10-21-3)19-8-7-12-5-6-14(17)13(16)9-12;/h5-6,9,11H,4,7-8,10H2,1-3H3,(H2,18,19,20);1H. The van der Waals surface area contributed by atoms with Crippen molar-refractivity contribution in [2.45, 2.75) is 26.3 Å². The molecule has 1 aromatic carbocycles. The minimum Gasteiger partial charge on any atom is -0.383 e. The molecular formula is C15H24BrFIN3O. The molecule has 1 aromatic rings. The van der Waals surface area contributed by atoms with Crippen LogP contribution in [0.4, 0.5) is 4.39 Å². The lowest BCUT2D eigenvalue weighted by atomic mass is 10.1. The third-order valence-electron chi connectivity index (χ3n) is 2.80. The highest BCUT2D eigenvalue weighted by molar-refractivity contribution is 14.0. The van der Waals surface area contributed by atoms with Crippen LogP contribution in [0.25, 0.3) is 0 Å². The second-order valence-electron chi connectivity index (χ2n) is 4.76. The van der Waals surface area contributed by atoms with E-state index in [1.807, 2.05) is 13.8 Å². The second kappa shape index (κ2) is 12.1. The summed E-state index contributed by atoms with van der Waals surface area (Å²) < 4.78 is 18.7. The number of nitrogens with zero attached hydrogens (tertiary/aromatic N) is 1. The van der Waals surface area contributed by atoms with Gasteiger partial charge in [0.2, 0.25) is 0 Å². The van der Waals surface area contributed by atoms with Crippen molar-refractivity contribution < 1.29 is 9.13 Å². The number of halogens is 3. The van der Waals surface area contributed by atoms with Gasteiger partial charge >= 0.3 is 0 Å². The number of nitrogens with one attached hydrogen (secondary N) is 2. The topological polar surface area (TPSA) is 45.7 Å². The van der Waals surface area contributed by atoms with E-state index in [0.717, 1.165) is 24.5 Å². The Morgan fingerprint density at radius 3 is 2.77 bits per heavy atom. The predicted octanol–water partition coefficient (Wildman–Crippen LogP) is 3.34. The lowest BCUT2D eigenvalue weighted by molar-refractivity contribution is 0.179. The van der Waals surface area contributed by atoms with E-state index in [-0.39, 0.29) is 35.8 Å². The number of rotatable bonds is 7. The largest absolute Gasteiger partial charge is 0.383 e. The van der Waals surface area contributed by atoms with E-state index in [1.54, 1.807) is 19.2 Å². The lowest BCUT2D eigenvalue weighted by Crippen LogP contribution is -2.44. The van der Waals surface area contributed by atoms with E-state index in [2.05, 4.69) is 31.6 Å². The van der Waals surface area contributed by atoms with Crippen LogP contribution >= 0.6 is 39.9 Å². The summed E-state index contributed by atoms with van der Waals surface area (Å²) in [5.74, 6) is 0.522. The first kappa shape index (κ1) is 21.6. The van der Waals surface area contributed by atoms with Crippen LogP contribution < -0.4 is 10.6 Å². The Labute approximate surface area is 157 Å². The molecule has 0 aromatic heterocycles. The van der Waals surface area contributed by atoms with Crippen molar-refractivity contribution in [2.24, 2.45) is 4.99 Å². The minimum absolute atomic E-state index is 0. The summed E-state index contributed by atoms with van der Waals surface area (Å²) in [6, 6.07) is 5.22. The summed E-state index contributed by atoms with van der Waals surface area (Å²) in [5.41, 5.74) is 1.05. The van der Waals surface area contributed by atoms with E-state index in [1.165, 1.54) is 6.07 Å². The first-order chi connectivity index (χ1) is 10.1. The van der Waals surface area contributed by atoms with Crippen molar-refractivity contribution in [1.29, 1.82) is 0 Å². The number of guanidine groups is 1. The third kappa shape index (κ3) is 8.28. The Morgan fingerprint density at radius 1 is 1.45 bits per heavy atom. The molecule has 1 unspecified atom stereocenters. The minimum atomic E-state index is -0.245. The van der Waals surface area contributed by atoms with Gasteiger partial charge in [0.05, 0.1) is 11.1 Å². The molecule has 0 saturated carbocycles. The molecule has 2 N–H and O–H groups in total. The normalized spacial score (nSPS) is 12.5. The van der Waals surface area contributed by atoms with Crippen LogP contribution in [0.5, 0.6) is 0 Å². The Hall–Kier alpha value is -0.410. The van der Waals surface area contributed by atoms with Crippen LogP contribution in [0.2, 0.25) is 0 Å². The zero-order valence-electron chi connectivity index (χ0n) is 13.2. The van der Waals surface area contributed by atoms with Crippen molar-refractivity contribution in [3.8, 4) is 0 Å². The zero-order valence-corrected chi connectivity index (χ0v) is 17.1. The maximum Gasteiger partial charge on any atom is 0.191 e. The van der Waals surface area contributed by atoms with E-state index >= 15 is 0 Å². The number of hydrogen-bond donors (Lipinski definition) is 2. The summed E-state index contributed by atoms with van der Waals surface area (Å²) in [6.07, 6.45) is 0.758. The van der Waals surface area contributed by atoms with Gasteiger partial charge in [-0.2, -0.15) is 0 Å². The van der Waals surface area contributed by atoms with Crippen LogP contribution in [0.1, 0.15) is 19.4 Å². The summed E-state index contributed by atoms with van der Waals surface area (Å²) in [4.78, 5) is 4.51. The molecule has 0 heterocycles. The average molecular weight is 488 g/mol. The average Bonchev–Trinajstić information content (AvgIpc) is 2.43. The highest BCUT2D eigenvalue weighted by Crippen LogP contribution is 2.17. The molecule has 0 saturated heterocycles. The Kier molecular flexibility index (Phi) is 11.8. The summed E-state index contributed by atoms with van der Waals surface area (Å²) in [5, 5.41) is 6.46. The first-order valence-corrected chi connectivity index (χ1v) is 7.83. The molecule has 7 heteroatoms. The van der Waals surface area contributed by atoms with E-state index < -0.39 is 0 Å². The highest BCUT2D eigenvalue weighted by Gasteiger charge is 2.04. The number of hydrogen-bond acceptors (Lipinski definition) is 2. The number of methoxy groups -OCH3 is 1. The quantitative estimate of drug-likeness (QED) is 0.352. The SMILES string of the molecule is CCNC(=NCCc1ccc(F)c(Br)c1)NC(C)COC.I. The van der Waals surface area contributed by atoms with Crippen LogP contribution in [0.3, 0.4) is 0 Å². The lowest BCUT2D eigenvalue weighted by Gasteiger charge is -2.17. The highest BCUT2D eigenvalue weighted by atomic mass is 127. The fraction of sp³-hybridized carbons (Fsp3) is 0.533. The molecule has 1 rings (SSSR count). The second-order valence-corrected chi connectivity index (χ2v) is 5.61. The van der Waals surface area contributed by atoms with Crippen LogP contribution in [-0.2, 0) is 11.2 Å². The molecule has 0 aliphatic heterocycles. The van der Waals surface area contributed by atoms with Gasteiger partial charge in [-0.1, -0.05) is 6.07 Å². The molecule has 126 valence electrons. The number of benzene rings is 1. The molecule has 4 nitrogen and oxygen atoms in total. The van der Waals surface area contributed by atoms with Gasteiger partial charge in [0.15, 0.2) is 5.96 Å². The number of aliphatic imine (C=N–C) groups is 1. The van der Waals surface area contributed by atoms with Crippen molar-refractivity contribution >= 4 is 45.9 Å². The van der Waals surface area contributed by atoms with Gasteiger partial charge in [-0.15, -0.1) is 24.0 Å². The van der Waals surface area contributed by atoms with Crippen molar-refractivity contribution in [2.75, 3.05) is 26.8 Å². The molecule has 0 aliphatic carbocycles. The first-order valence-electron chi connectivity index (χ1n) is 7.04. The number of ether oxygens (including phenoxy) is 1. The summed E-state index contributed by atoms with van der Waals surface area (Å²) >= 11 is 3.19. The molecule has 0 radical (unpaired) electrons. The van der Waals surface area contributed by atoms with Gasteiger partial charge in [-0.25, -0.2) is 4.39 Å². The van der Waals surface area contributed by atoms with Gasteiger partial charge in [-0.3, -0.25) is 4.99 Å². The Morgan fingerprint density at radius 2 is 2.18 bits per heavy atom. The van der Waals surface area contributed by atoms with Gasteiger partial charge in [0, 0.05) is 26.2 Å². The smallest absolute Gasteiger partial charge is 0.191 e. The molecule has 0 spiro atoms. The summed E-state index contributed by atoms with van der Waals surface area (Å²) in [6.45, 7) is 6.11. The van der Waals surface area contributed by atoms with E-state index in [4.69, 9.17) is 4.74 Å².